The number of rotatable bonds is 6. The lowest BCUT2D eigenvalue weighted by molar-refractivity contribution is 0.0592. The topological polar surface area (TPSA) is 105 Å². The lowest BCUT2D eigenvalue weighted by Crippen LogP contribution is -2.13. The molecule has 0 saturated heterocycles. The van der Waals surface area contributed by atoms with Crippen LogP contribution < -0.4 is 0 Å². The molecule has 2 heterocycles. The molecular formula is C11H15N5O4. The SMILES string of the molecule is COCCc1c(C(=O)OC)nnn1Cc1nonc1C. The smallest absolute Gasteiger partial charge is 0.360 e. The molecular weight excluding hydrogens is 266 g/mol. The van der Waals surface area contributed by atoms with E-state index in [2.05, 4.69) is 30.0 Å². The zero-order chi connectivity index (χ0) is 14.5. The van der Waals surface area contributed by atoms with Crippen molar-refractivity contribution in [3.05, 3.63) is 22.8 Å². The highest BCUT2D eigenvalue weighted by molar-refractivity contribution is 5.88. The normalized spacial score (nSPS) is 10.8. The summed E-state index contributed by atoms with van der Waals surface area (Å²) in [6.45, 7) is 2.53. The van der Waals surface area contributed by atoms with Gasteiger partial charge in [-0.25, -0.2) is 14.1 Å². The van der Waals surface area contributed by atoms with E-state index in [0.29, 0.717) is 36.7 Å². The number of hydrogen-bond acceptors (Lipinski definition) is 8. The second kappa shape index (κ2) is 6.24. The Balaban J connectivity index is 2.29. The van der Waals surface area contributed by atoms with E-state index in [0.717, 1.165) is 0 Å². The van der Waals surface area contributed by atoms with E-state index in [9.17, 15) is 4.79 Å². The Labute approximate surface area is 114 Å². The number of carbonyl (C=O) groups is 1. The van der Waals surface area contributed by atoms with Gasteiger partial charge in [-0.2, -0.15) is 0 Å². The van der Waals surface area contributed by atoms with Crippen LogP contribution in [0.25, 0.3) is 0 Å². The number of ether oxygens (including phenoxy) is 2. The van der Waals surface area contributed by atoms with Crippen molar-refractivity contribution in [1.29, 1.82) is 0 Å². The van der Waals surface area contributed by atoms with Crippen LogP contribution in [0.4, 0.5) is 0 Å². The molecule has 0 aliphatic heterocycles. The van der Waals surface area contributed by atoms with E-state index < -0.39 is 5.97 Å². The molecule has 0 aliphatic rings. The molecule has 0 fully saturated rings. The van der Waals surface area contributed by atoms with Crippen molar-refractivity contribution < 1.29 is 18.9 Å². The molecule has 0 saturated carbocycles. The second-order valence-electron chi connectivity index (χ2n) is 4.07. The highest BCUT2D eigenvalue weighted by Crippen LogP contribution is 2.11. The van der Waals surface area contributed by atoms with Gasteiger partial charge in [0.05, 0.1) is 26.0 Å². The molecule has 0 radical (unpaired) electrons. The highest BCUT2D eigenvalue weighted by Gasteiger charge is 2.21. The minimum Gasteiger partial charge on any atom is -0.464 e. The third-order valence-electron chi connectivity index (χ3n) is 2.81. The fraction of sp³-hybridized carbons (Fsp3) is 0.545. The largest absolute Gasteiger partial charge is 0.464 e. The van der Waals surface area contributed by atoms with Crippen molar-refractivity contribution in [3.63, 3.8) is 0 Å². The van der Waals surface area contributed by atoms with Gasteiger partial charge >= 0.3 is 5.97 Å². The maximum Gasteiger partial charge on any atom is 0.360 e. The van der Waals surface area contributed by atoms with E-state index in [1.165, 1.54) is 7.11 Å². The summed E-state index contributed by atoms with van der Waals surface area (Å²) in [4.78, 5) is 11.7. The number of hydrogen-bond donors (Lipinski definition) is 0. The van der Waals surface area contributed by atoms with Crippen LogP contribution >= 0.6 is 0 Å². The van der Waals surface area contributed by atoms with Gasteiger partial charge in [0.1, 0.15) is 11.4 Å². The Bertz CT molecular complexity index is 591. The summed E-state index contributed by atoms with van der Waals surface area (Å²) in [6.07, 6.45) is 0.484. The fourth-order valence-electron chi connectivity index (χ4n) is 1.70. The number of aryl methyl sites for hydroxylation is 1. The van der Waals surface area contributed by atoms with Crippen LogP contribution in [0, 0.1) is 6.92 Å². The van der Waals surface area contributed by atoms with Crippen LogP contribution in [0.5, 0.6) is 0 Å². The number of aromatic nitrogens is 5. The molecule has 2 aromatic heterocycles. The van der Waals surface area contributed by atoms with Gasteiger partial charge in [0.25, 0.3) is 0 Å². The average Bonchev–Trinajstić information content (AvgIpc) is 3.03. The van der Waals surface area contributed by atoms with Crippen LogP contribution in [0.2, 0.25) is 0 Å². The van der Waals surface area contributed by atoms with Crippen LogP contribution in [-0.2, 0) is 22.4 Å². The maximum atomic E-state index is 11.7. The van der Waals surface area contributed by atoms with Gasteiger partial charge in [-0.1, -0.05) is 15.5 Å². The van der Waals surface area contributed by atoms with Crippen LogP contribution in [-0.4, -0.2) is 52.1 Å². The Morgan fingerprint density at radius 2 is 2.15 bits per heavy atom. The predicted molar refractivity (Wildman–Crippen MR) is 65.1 cm³/mol. The highest BCUT2D eigenvalue weighted by atomic mass is 16.6. The van der Waals surface area contributed by atoms with E-state index in [1.54, 1.807) is 18.7 Å². The van der Waals surface area contributed by atoms with Gasteiger partial charge in [-0.05, 0) is 6.92 Å². The van der Waals surface area contributed by atoms with E-state index in [1.807, 2.05) is 0 Å². The van der Waals surface area contributed by atoms with Crippen LogP contribution in [0.15, 0.2) is 4.63 Å². The minimum absolute atomic E-state index is 0.179. The number of nitrogens with zero attached hydrogens (tertiary/aromatic N) is 5. The first kappa shape index (κ1) is 14.1. The predicted octanol–water partition coefficient (Wildman–Crippen LogP) is -0.00668. The van der Waals surface area contributed by atoms with Crippen molar-refractivity contribution >= 4 is 5.97 Å². The average molecular weight is 281 g/mol. The molecule has 108 valence electrons. The molecule has 0 spiro atoms. The third-order valence-corrected chi connectivity index (χ3v) is 2.81. The Morgan fingerprint density at radius 1 is 1.35 bits per heavy atom. The summed E-state index contributed by atoms with van der Waals surface area (Å²) < 4.78 is 15.9. The summed E-state index contributed by atoms with van der Waals surface area (Å²) in [6, 6.07) is 0. The van der Waals surface area contributed by atoms with Crippen molar-refractivity contribution in [2.24, 2.45) is 0 Å². The van der Waals surface area contributed by atoms with Crippen molar-refractivity contribution in [2.75, 3.05) is 20.8 Å². The molecule has 2 aromatic rings. The molecule has 0 atom stereocenters. The molecule has 20 heavy (non-hydrogen) atoms. The lowest BCUT2D eigenvalue weighted by Gasteiger charge is -2.05. The number of methoxy groups -OCH3 is 2. The van der Waals surface area contributed by atoms with Crippen molar-refractivity contribution in [1.82, 2.24) is 25.3 Å². The maximum absolute atomic E-state index is 11.7. The van der Waals surface area contributed by atoms with Gasteiger partial charge < -0.3 is 9.47 Å². The zero-order valence-corrected chi connectivity index (χ0v) is 11.5. The Morgan fingerprint density at radius 3 is 2.75 bits per heavy atom. The molecule has 0 bridgehead atoms. The lowest BCUT2D eigenvalue weighted by atomic mass is 10.2. The first-order valence-corrected chi connectivity index (χ1v) is 5.95. The van der Waals surface area contributed by atoms with Crippen LogP contribution in [0.3, 0.4) is 0 Å². The second-order valence-corrected chi connectivity index (χ2v) is 4.07. The van der Waals surface area contributed by atoms with Crippen molar-refractivity contribution in [3.8, 4) is 0 Å². The zero-order valence-electron chi connectivity index (χ0n) is 11.5. The fourth-order valence-corrected chi connectivity index (χ4v) is 1.70. The summed E-state index contributed by atoms with van der Waals surface area (Å²) in [7, 11) is 2.88. The Kier molecular flexibility index (Phi) is 4.41. The first-order chi connectivity index (χ1) is 9.67. The summed E-state index contributed by atoms with van der Waals surface area (Å²) >= 11 is 0. The molecule has 0 unspecified atom stereocenters. The third kappa shape index (κ3) is 2.82. The molecule has 0 N–H and O–H groups in total. The van der Waals surface area contributed by atoms with Gasteiger partial charge in [0.15, 0.2) is 5.69 Å². The Hall–Kier alpha value is -2.29. The number of carbonyl (C=O) groups excluding carboxylic acids is 1. The number of esters is 1. The summed E-state index contributed by atoms with van der Waals surface area (Å²) in [5.41, 5.74) is 2.10. The van der Waals surface area contributed by atoms with Crippen molar-refractivity contribution in [2.45, 2.75) is 19.9 Å². The molecule has 9 nitrogen and oxygen atoms in total. The monoisotopic (exact) mass is 281 g/mol. The molecule has 0 amide bonds. The van der Waals surface area contributed by atoms with Crippen LogP contribution in [0.1, 0.15) is 27.6 Å². The molecule has 0 aliphatic carbocycles. The van der Waals surface area contributed by atoms with Gasteiger partial charge in [0.2, 0.25) is 0 Å². The van der Waals surface area contributed by atoms with E-state index in [-0.39, 0.29) is 5.69 Å². The van der Waals surface area contributed by atoms with E-state index in [4.69, 9.17) is 4.74 Å². The summed E-state index contributed by atoms with van der Waals surface area (Å²) in [5, 5.41) is 15.3. The molecule has 2 rings (SSSR count). The molecule has 9 heteroatoms. The van der Waals surface area contributed by atoms with E-state index >= 15 is 0 Å². The quantitative estimate of drug-likeness (QED) is 0.681. The van der Waals surface area contributed by atoms with Gasteiger partial charge in [-0.15, -0.1) is 5.10 Å². The first-order valence-electron chi connectivity index (χ1n) is 5.95. The van der Waals surface area contributed by atoms with Gasteiger partial charge in [-0.3, -0.25) is 0 Å². The molecule has 0 aromatic carbocycles. The minimum atomic E-state index is -0.530. The standard InChI is InChI=1S/C11H15N5O4/c1-7-8(14-20-13-7)6-16-9(4-5-18-2)10(12-15-16)11(17)19-3/h4-6H2,1-3H3. The summed E-state index contributed by atoms with van der Waals surface area (Å²) in [5.74, 6) is -0.530. The van der Waals surface area contributed by atoms with Gasteiger partial charge in [0, 0.05) is 13.5 Å².